The van der Waals surface area contributed by atoms with Gasteiger partial charge < -0.3 is 9.84 Å². The Balaban J connectivity index is 3.67. The van der Waals surface area contributed by atoms with Gasteiger partial charge in [0.1, 0.15) is 0 Å². The summed E-state index contributed by atoms with van der Waals surface area (Å²) in [6.45, 7) is 5.74. The quantitative estimate of drug-likeness (QED) is 0.375. The zero-order valence-corrected chi connectivity index (χ0v) is 10.9. The van der Waals surface area contributed by atoms with E-state index in [2.05, 4.69) is 6.92 Å². The molecule has 1 unspecified atom stereocenters. The highest BCUT2D eigenvalue weighted by atomic mass is 16.7. The minimum Gasteiger partial charge on any atom is -0.434 e. The number of carbonyl (C=O) groups excluding carboxylic acids is 1. The van der Waals surface area contributed by atoms with E-state index in [0.717, 1.165) is 38.5 Å². The molecule has 0 saturated heterocycles. The van der Waals surface area contributed by atoms with Gasteiger partial charge in [-0.15, -0.1) is 0 Å². The zero-order valence-electron chi connectivity index (χ0n) is 10.9. The maximum Gasteiger partial charge on any atom is 0.308 e. The molecule has 0 bridgehead atoms. The number of unbranched alkanes of at least 4 members (excludes halogenated alkanes) is 4. The van der Waals surface area contributed by atoms with Crippen molar-refractivity contribution in [2.24, 2.45) is 0 Å². The SMILES string of the molecule is CCCCCCC(=O)OC(C)(O)CCCC. The summed E-state index contributed by atoms with van der Waals surface area (Å²) in [6, 6.07) is 0. The molecule has 0 heterocycles. The van der Waals surface area contributed by atoms with Crippen molar-refractivity contribution in [2.75, 3.05) is 0 Å². The molecule has 3 heteroatoms. The van der Waals surface area contributed by atoms with Gasteiger partial charge in [0.25, 0.3) is 0 Å². The maximum atomic E-state index is 11.4. The highest BCUT2D eigenvalue weighted by molar-refractivity contribution is 5.69. The highest BCUT2D eigenvalue weighted by Gasteiger charge is 2.23. The van der Waals surface area contributed by atoms with Crippen molar-refractivity contribution >= 4 is 5.97 Å². The molecule has 3 nitrogen and oxygen atoms in total. The van der Waals surface area contributed by atoms with Crippen LogP contribution in [0.1, 0.15) is 72.1 Å². The summed E-state index contributed by atoms with van der Waals surface area (Å²) >= 11 is 0. The summed E-state index contributed by atoms with van der Waals surface area (Å²) in [7, 11) is 0. The van der Waals surface area contributed by atoms with Crippen LogP contribution in [0.2, 0.25) is 0 Å². The molecule has 0 aliphatic carbocycles. The molecule has 0 radical (unpaired) electrons. The van der Waals surface area contributed by atoms with Crippen LogP contribution in [0.4, 0.5) is 0 Å². The van der Waals surface area contributed by atoms with Crippen molar-refractivity contribution in [3.63, 3.8) is 0 Å². The van der Waals surface area contributed by atoms with Gasteiger partial charge in [-0.1, -0.05) is 39.5 Å². The summed E-state index contributed by atoms with van der Waals surface area (Å²) in [5.41, 5.74) is 0. The molecular formula is C13H26O3. The fourth-order valence-electron chi connectivity index (χ4n) is 1.55. The van der Waals surface area contributed by atoms with Crippen molar-refractivity contribution in [3.05, 3.63) is 0 Å². The van der Waals surface area contributed by atoms with Crippen molar-refractivity contribution in [1.29, 1.82) is 0 Å². The molecule has 0 aromatic heterocycles. The van der Waals surface area contributed by atoms with Crippen molar-refractivity contribution in [1.82, 2.24) is 0 Å². The van der Waals surface area contributed by atoms with E-state index in [-0.39, 0.29) is 5.97 Å². The Hall–Kier alpha value is -0.570. The Bertz CT molecular complexity index is 188. The Morgan fingerprint density at radius 3 is 2.31 bits per heavy atom. The average molecular weight is 230 g/mol. The number of rotatable bonds is 9. The summed E-state index contributed by atoms with van der Waals surface area (Å²) in [6.07, 6.45) is 7.02. The van der Waals surface area contributed by atoms with E-state index in [4.69, 9.17) is 4.74 Å². The van der Waals surface area contributed by atoms with E-state index in [1.54, 1.807) is 6.92 Å². The van der Waals surface area contributed by atoms with Crippen LogP contribution in [-0.2, 0) is 9.53 Å². The lowest BCUT2D eigenvalue weighted by atomic mass is 10.1. The minimum absolute atomic E-state index is 0.280. The van der Waals surface area contributed by atoms with Crippen LogP contribution in [0.25, 0.3) is 0 Å². The topological polar surface area (TPSA) is 46.5 Å². The van der Waals surface area contributed by atoms with Crippen LogP contribution in [0.15, 0.2) is 0 Å². The first-order valence-electron chi connectivity index (χ1n) is 6.46. The number of carbonyl (C=O) groups is 1. The summed E-state index contributed by atoms with van der Waals surface area (Å²) in [5.74, 6) is -1.56. The molecule has 0 fully saturated rings. The van der Waals surface area contributed by atoms with Crippen LogP contribution in [0.5, 0.6) is 0 Å². The van der Waals surface area contributed by atoms with Gasteiger partial charge in [0.05, 0.1) is 0 Å². The summed E-state index contributed by atoms with van der Waals surface area (Å²) in [5, 5.41) is 9.78. The Morgan fingerprint density at radius 1 is 1.12 bits per heavy atom. The molecule has 1 atom stereocenters. The monoisotopic (exact) mass is 230 g/mol. The molecule has 0 aromatic rings. The van der Waals surface area contributed by atoms with E-state index >= 15 is 0 Å². The molecule has 96 valence electrons. The fourth-order valence-corrected chi connectivity index (χ4v) is 1.55. The van der Waals surface area contributed by atoms with Crippen LogP contribution in [-0.4, -0.2) is 16.9 Å². The number of ether oxygens (including phenoxy) is 1. The third kappa shape index (κ3) is 8.72. The highest BCUT2D eigenvalue weighted by Crippen LogP contribution is 2.16. The molecule has 1 N–H and O–H groups in total. The second kappa shape index (κ2) is 8.57. The second-order valence-electron chi connectivity index (χ2n) is 4.56. The van der Waals surface area contributed by atoms with Crippen molar-refractivity contribution in [2.45, 2.75) is 77.9 Å². The molecule has 0 aromatic carbocycles. The average Bonchev–Trinajstić information content (AvgIpc) is 2.21. The van der Waals surface area contributed by atoms with Crippen LogP contribution >= 0.6 is 0 Å². The first-order valence-corrected chi connectivity index (χ1v) is 6.46. The smallest absolute Gasteiger partial charge is 0.308 e. The van der Waals surface area contributed by atoms with Gasteiger partial charge in [0, 0.05) is 19.8 Å². The van der Waals surface area contributed by atoms with Crippen molar-refractivity contribution < 1.29 is 14.6 Å². The molecule has 0 amide bonds. The lowest BCUT2D eigenvalue weighted by Gasteiger charge is -2.23. The number of esters is 1. The van der Waals surface area contributed by atoms with E-state index in [9.17, 15) is 9.90 Å². The lowest BCUT2D eigenvalue weighted by molar-refractivity contribution is -0.204. The van der Waals surface area contributed by atoms with Gasteiger partial charge in [-0.3, -0.25) is 4.79 Å². The number of aliphatic hydroxyl groups is 1. The first-order chi connectivity index (χ1) is 7.52. The first kappa shape index (κ1) is 15.4. The number of hydrogen-bond donors (Lipinski definition) is 1. The Labute approximate surface area is 99.2 Å². The van der Waals surface area contributed by atoms with Gasteiger partial charge in [-0.05, 0) is 12.8 Å². The minimum atomic E-state index is -1.28. The molecule has 0 aliphatic rings. The third-order valence-corrected chi connectivity index (χ3v) is 2.56. The zero-order chi connectivity index (χ0) is 12.4. The molecule has 0 aliphatic heterocycles. The summed E-state index contributed by atoms with van der Waals surface area (Å²) < 4.78 is 5.04. The Morgan fingerprint density at radius 2 is 1.75 bits per heavy atom. The van der Waals surface area contributed by atoms with Crippen LogP contribution in [0.3, 0.4) is 0 Å². The third-order valence-electron chi connectivity index (χ3n) is 2.56. The molecule has 0 spiro atoms. The molecule has 0 saturated carbocycles. The predicted octanol–water partition coefficient (Wildman–Crippen LogP) is 3.40. The normalized spacial score (nSPS) is 14.5. The fraction of sp³-hybridized carbons (Fsp3) is 0.923. The van der Waals surface area contributed by atoms with E-state index < -0.39 is 5.79 Å². The van der Waals surface area contributed by atoms with E-state index in [1.807, 2.05) is 6.92 Å². The predicted molar refractivity (Wildman–Crippen MR) is 65.0 cm³/mol. The van der Waals surface area contributed by atoms with Gasteiger partial charge in [-0.25, -0.2) is 0 Å². The second-order valence-corrected chi connectivity index (χ2v) is 4.56. The molecular weight excluding hydrogens is 204 g/mol. The van der Waals surface area contributed by atoms with Crippen LogP contribution < -0.4 is 0 Å². The van der Waals surface area contributed by atoms with Gasteiger partial charge >= 0.3 is 5.97 Å². The van der Waals surface area contributed by atoms with Gasteiger partial charge in [0.15, 0.2) is 0 Å². The van der Waals surface area contributed by atoms with Crippen LogP contribution in [0, 0.1) is 0 Å². The van der Waals surface area contributed by atoms with Gasteiger partial charge in [0.2, 0.25) is 5.79 Å². The standard InChI is InChI=1S/C13H26O3/c1-4-6-8-9-10-12(14)16-13(3,15)11-7-5-2/h15H,4-11H2,1-3H3. The Kier molecular flexibility index (Phi) is 8.26. The summed E-state index contributed by atoms with van der Waals surface area (Å²) in [4.78, 5) is 11.4. The molecule has 0 rings (SSSR count). The van der Waals surface area contributed by atoms with E-state index in [0.29, 0.717) is 12.8 Å². The number of hydrogen-bond acceptors (Lipinski definition) is 3. The largest absolute Gasteiger partial charge is 0.434 e. The lowest BCUT2D eigenvalue weighted by Crippen LogP contribution is -2.31. The van der Waals surface area contributed by atoms with Gasteiger partial charge in [-0.2, -0.15) is 0 Å². The molecule has 16 heavy (non-hydrogen) atoms. The maximum absolute atomic E-state index is 11.4. The van der Waals surface area contributed by atoms with E-state index in [1.165, 1.54) is 0 Å². The van der Waals surface area contributed by atoms with Crippen molar-refractivity contribution in [3.8, 4) is 0 Å².